The second kappa shape index (κ2) is 8.25. The van der Waals surface area contributed by atoms with Crippen LogP contribution in [0.2, 0.25) is 0 Å². The van der Waals surface area contributed by atoms with Gasteiger partial charge in [0.15, 0.2) is 0 Å². The molecule has 1 saturated heterocycles. The monoisotopic (exact) mass is 367 g/mol. The Balaban J connectivity index is 1.77. The lowest BCUT2D eigenvalue weighted by Crippen LogP contribution is -2.43. The predicted octanol–water partition coefficient (Wildman–Crippen LogP) is 2.76. The molecule has 1 aromatic heterocycles. The van der Waals surface area contributed by atoms with Gasteiger partial charge in [-0.3, -0.25) is 4.79 Å². The Hall–Kier alpha value is -2.51. The molecule has 1 fully saturated rings. The lowest BCUT2D eigenvalue weighted by atomic mass is 9.97. The maximum absolute atomic E-state index is 12.2. The molecule has 2 rings (SSSR count). The molecule has 0 N–H and O–H groups in total. The number of carbonyl (C=O) groups is 3. The lowest BCUT2D eigenvalue weighted by Gasteiger charge is -2.32. The number of piperidine rings is 1. The predicted molar refractivity (Wildman–Crippen MR) is 90.4 cm³/mol. The highest BCUT2D eigenvalue weighted by molar-refractivity contribution is 5.86. The molecular formula is C18H25NO7. The number of nitrogens with zero attached hydrogens (tertiary/aromatic N) is 1. The normalized spacial score (nSPS) is 15.5. The van der Waals surface area contributed by atoms with Gasteiger partial charge in [0.25, 0.3) is 0 Å². The highest BCUT2D eigenvalue weighted by Gasteiger charge is 2.30. The zero-order valence-electron chi connectivity index (χ0n) is 15.6. The van der Waals surface area contributed by atoms with Crippen LogP contribution in [0, 0.1) is 5.92 Å². The Bertz CT molecular complexity index is 651. The van der Waals surface area contributed by atoms with E-state index in [2.05, 4.69) is 4.74 Å². The van der Waals surface area contributed by atoms with E-state index >= 15 is 0 Å². The molecule has 2 heterocycles. The molecule has 1 aliphatic rings. The van der Waals surface area contributed by atoms with E-state index in [9.17, 15) is 14.4 Å². The third kappa shape index (κ3) is 5.50. The average Bonchev–Trinajstić information content (AvgIpc) is 3.06. The van der Waals surface area contributed by atoms with Crippen LogP contribution < -0.4 is 0 Å². The van der Waals surface area contributed by atoms with Crippen molar-refractivity contribution < 1.29 is 33.0 Å². The van der Waals surface area contributed by atoms with Crippen molar-refractivity contribution in [1.29, 1.82) is 0 Å². The van der Waals surface area contributed by atoms with Crippen LogP contribution in [-0.4, -0.2) is 48.7 Å². The van der Waals surface area contributed by atoms with Gasteiger partial charge in [-0.2, -0.15) is 0 Å². The molecule has 0 aromatic carbocycles. The van der Waals surface area contributed by atoms with E-state index in [-0.39, 0.29) is 30.3 Å². The molecular weight excluding hydrogens is 342 g/mol. The third-order valence-corrected chi connectivity index (χ3v) is 3.88. The molecule has 8 nitrogen and oxygen atoms in total. The first kappa shape index (κ1) is 19.8. The summed E-state index contributed by atoms with van der Waals surface area (Å²) in [5, 5.41) is 0. The fraction of sp³-hybridized carbons (Fsp3) is 0.611. The van der Waals surface area contributed by atoms with Gasteiger partial charge >= 0.3 is 18.0 Å². The van der Waals surface area contributed by atoms with Gasteiger partial charge in [0.05, 0.1) is 13.0 Å². The molecule has 0 saturated carbocycles. The van der Waals surface area contributed by atoms with Gasteiger partial charge in [-0.25, -0.2) is 9.59 Å². The zero-order chi connectivity index (χ0) is 19.3. The first-order valence-corrected chi connectivity index (χ1v) is 8.51. The van der Waals surface area contributed by atoms with Crippen LogP contribution in [0.3, 0.4) is 0 Å². The number of hydrogen-bond donors (Lipinski definition) is 0. The number of likely N-dealkylation sites (tertiary alicyclic amines) is 1. The van der Waals surface area contributed by atoms with E-state index in [0.717, 1.165) is 0 Å². The van der Waals surface area contributed by atoms with Crippen LogP contribution in [0.15, 0.2) is 16.5 Å². The number of rotatable bonds is 4. The fourth-order valence-electron chi connectivity index (χ4n) is 2.55. The number of amides is 1. The van der Waals surface area contributed by atoms with Gasteiger partial charge in [0.2, 0.25) is 5.76 Å². The number of furan rings is 1. The number of hydrogen-bond acceptors (Lipinski definition) is 7. The van der Waals surface area contributed by atoms with E-state index in [1.807, 2.05) is 20.8 Å². The summed E-state index contributed by atoms with van der Waals surface area (Å²) in [6.45, 7) is 6.28. The standard InChI is InChI=1S/C18H25NO7/c1-18(2,3)26-17(22)19-9-7-12(8-10-19)15(20)24-11-13-5-6-14(25-13)16(21)23-4/h5-6,12H,7-11H2,1-4H3. The third-order valence-electron chi connectivity index (χ3n) is 3.88. The smallest absolute Gasteiger partial charge is 0.410 e. The Morgan fingerprint density at radius 3 is 2.42 bits per heavy atom. The van der Waals surface area contributed by atoms with Crippen molar-refractivity contribution in [3.63, 3.8) is 0 Å². The van der Waals surface area contributed by atoms with Crippen LogP contribution in [0.4, 0.5) is 4.79 Å². The lowest BCUT2D eigenvalue weighted by molar-refractivity contribution is -0.152. The molecule has 1 amide bonds. The number of ether oxygens (including phenoxy) is 3. The van der Waals surface area contributed by atoms with Crippen molar-refractivity contribution in [2.75, 3.05) is 20.2 Å². The number of carbonyl (C=O) groups excluding carboxylic acids is 3. The van der Waals surface area contributed by atoms with Crippen molar-refractivity contribution in [3.8, 4) is 0 Å². The minimum absolute atomic E-state index is 0.0535. The van der Waals surface area contributed by atoms with E-state index in [1.165, 1.54) is 13.2 Å². The minimum Gasteiger partial charge on any atom is -0.463 e. The van der Waals surface area contributed by atoms with Gasteiger partial charge in [-0.1, -0.05) is 0 Å². The molecule has 1 aromatic rings. The summed E-state index contributed by atoms with van der Waals surface area (Å²) in [6.07, 6.45) is 0.669. The van der Waals surface area contributed by atoms with Crippen molar-refractivity contribution in [2.24, 2.45) is 5.92 Å². The Morgan fingerprint density at radius 1 is 1.19 bits per heavy atom. The van der Waals surface area contributed by atoms with Crippen molar-refractivity contribution >= 4 is 18.0 Å². The first-order chi connectivity index (χ1) is 12.2. The quantitative estimate of drug-likeness (QED) is 0.596. The second-order valence-corrected chi connectivity index (χ2v) is 7.11. The van der Waals surface area contributed by atoms with Gasteiger partial charge in [-0.15, -0.1) is 0 Å². The SMILES string of the molecule is COC(=O)c1ccc(COC(=O)C2CCN(C(=O)OC(C)(C)C)CC2)o1. The summed E-state index contributed by atoms with van der Waals surface area (Å²) in [7, 11) is 1.26. The highest BCUT2D eigenvalue weighted by atomic mass is 16.6. The van der Waals surface area contributed by atoms with Crippen LogP contribution in [0.25, 0.3) is 0 Å². The summed E-state index contributed by atoms with van der Waals surface area (Å²) >= 11 is 0. The summed E-state index contributed by atoms with van der Waals surface area (Å²) in [5.41, 5.74) is -0.543. The van der Waals surface area contributed by atoms with E-state index in [4.69, 9.17) is 13.9 Å². The van der Waals surface area contributed by atoms with Crippen LogP contribution in [0.1, 0.15) is 49.9 Å². The van der Waals surface area contributed by atoms with Crippen LogP contribution >= 0.6 is 0 Å². The van der Waals surface area contributed by atoms with Crippen molar-refractivity contribution in [2.45, 2.75) is 45.8 Å². The van der Waals surface area contributed by atoms with Gasteiger partial charge in [0, 0.05) is 13.1 Å². The molecule has 144 valence electrons. The molecule has 0 bridgehead atoms. The summed E-state index contributed by atoms with van der Waals surface area (Å²) < 4.78 is 20.4. The van der Waals surface area contributed by atoms with Gasteiger partial charge < -0.3 is 23.5 Å². The highest BCUT2D eigenvalue weighted by Crippen LogP contribution is 2.21. The van der Waals surface area contributed by atoms with Crippen LogP contribution in [0.5, 0.6) is 0 Å². The molecule has 0 atom stereocenters. The molecule has 1 aliphatic heterocycles. The second-order valence-electron chi connectivity index (χ2n) is 7.11. The molecule has 0 aliphatic carbocycles. The van der Waals surface area contributed by atoms with Crippen molar-refractivity contribution in [3.05, 3.63) is 23.7 Å². The minimum atomic E-state index is -0.586. The average molecular weight is 367 g/mol. The Kier molecular flexibility index (Phi) is 6.28. The topological polar surface area (TPSA) is 95.3 Å². The van der Waals surface area contributed by atoms with Gasteiger partial charge in [0.1, 0.15) is 18.0 Å². The Labute approximate surface area is 152 Å². The van der Waals surface area contributed by atoms with Crippen molar-refractivity contribution in [1.82, 2.24) is 4.90 Å². The van der Waals surface area contributed by atoms with E-state index in [0.29, 0.717) is 31.7 Å². The molecule has 0 radical (unpaired) electrons. The zero-order valence-corrected chi connectivity index (χ0v) is 15.6. The summed E-state index contributed by atoms with van der Waals surface area (Å²) in [5.74, 6) is -0.778. The number of esters is 2. The van der Waals surface area contributed by atoms with E-state index in [1.54, 1.807) is 11.0 Å². The van der Waals surface area contributed by atoms with Gasteiger partial charge in [-0.05, 0) is 45.7 Å². The molecule has 8 heteroatoms. The molecule has 0 unspecified atom stereocenters. The Morgan fingerprint density at radius 2 is 1.85 bits per heavy atom. The fourth-order valence-corrected chi connectivity index (χ4v) is 2.55. The molecule has 0 spiro atoms. The largest absolute Gasteiger partial charge is 0.463 e. The first-order valence-electron chi connectivity index (χ1n) is 8.51. The summed E-state index contributed by atoms with van der Waals surface area (Å²) in [6, 6.07) is 3.03. The van der Waals surface area contributed by atoms with Crippen LogP contribution in [-0.2, 0) is 25.6 Å². The number of methoxy groups -OCH3 is 1. The molecule has 26 heavy (non-hydrogen) atoms. The maximum Gasteiger partial charge on any atom is 0.410 e. The maximum atomic E-state index is 12.2. The summed E-state index contributed by atoms with van der Waals surface area (Å²) in [4.78, 5) is 37.1. The van der Waals surface area contributed by atoms with E-state index < -0.39 is 11.6 Å².